The summed E-state index contributed by atoms with van der Waals surface area (Å²) in [6.07, 6.45) is -0.812. The maximum atomic E-state index is 8.46. The van der Waals surface area contributed by atoms with Crippen LogP contribution in [0.5, 0.6) is 0 Å². The third-order valence-corrected chi connectivity index (χ3v) is 23.9. The van der Waals surface area contributed by atoms with E-state index in [-0.39, 0.29) is 27.1 Å². The molecule has 0 nitrogen and oxygen atoms in total. The third-order valence-electron chi connectivity index (χ3n) is 23.9. The summed E-state index contributed by atoms with van der Waals surface area (Å²) in [5.74, 6) is 3.73. The lowest BCUT2D eigenvalue weighted by atomic mass is 9.79. The SMILES string of the molecule is Cc1c(C(C)C)cc(C(C)C)cc1C(C)C.Cc1c(C(C)C)cc(C(C)C)cc1C(C)C.Cc1c(CC(C)(C)C)cccc1CC(C)(C)C.Cc1ccc(C(C)(C)C)cc1-c1ccccc1.Cc1ccc(C(C)(C)C)cc1C(C)(C)C.Cc1ccccc1C(C)(C)C.Cc1ccccc1CC(C)(C)C.[2H]C([2H])(c1cccc(C([2H])([2H])C(C)(C)C)c1C)C(C)(C)C.[2H]C([2H])(c1ccccc1C)C(C)(C)C. The van der Waals surface area contributed by atoms with Crippen molar-refractivity contribution in [3.8, 4) is 11.1 Å². The quantitative estimate of drug-likeness (QED) is 0.108. The molecule has 0 unspecified atom stereocenters. The largest absolute Gasteiger partial charge is 0.0622 e. The standard InChI is InChI=1S/C17H20.2C17H28.2C16H26.C15H24.2C12H18.C11H16/c1-13-10-11-15(17(2,3)4)12-16(13)14-8-6-5-7-9-14;2*1-13-14(11-16(2,3)4)9-8-10-15(13)12-17(5,6)7;2*1-10(2)14-8-15(11(3)4)13(7)16(9-14)12(5)6;1-11-8-9-12(14(2,3)4)10-13(11)15(5,6)7;2*1-10-7-5-6-8-11(10)9-12(2,3)4;1-9-7-5-6-8-10(9)11(2,3)4/h5-12H,1-4H3;2*8-10H,11-12H2,1-7H3;2*8-12H,1-7H3;8-10H,1-7H3;2*5-8H,9H2,1-4H3;5-8H,1-4H3/i;11D2,12D2;;;;;9D2;;. The van der Waals surface area contributed by atoms with Crippen LogP contribution in [0.15, 0.2) is 200 Å². The average Bonchev–Trinajstić information content (AvgIpc) is 0.748. The molecule has 0 bridgehead atoms. The first-order valence-corrected chi connectivity index (χ1v) is 50.7. The minimum absolute atomic E-state index is 0.206. The molecule has 0 amide bonds. The Morgan fingerprint density at radius 2 is 0.481 bits per heavy atom. The number of benzene rings is 10. The maximum Gasteiger partial charge on any atom is 0.0321 e. The molecule has 0 fully saturated rings. The Labute approximate surface area is 834 Å². The summed E-state index contributed by atoms with van der Waals surface area (Å²) >= 11 is 0. The van der Waals surface area contributed by atoms with Crippen molar-refractivity contribution in [1.82, 2.24) is 0 Å². The molecule has 0 saturated heterocycles. The van der Waals surface area contributed by atoms with Gasteiger partial charge in [-0.1, -0.05) is 491 Å². The molecular weight excluding hydrogens is 1600 g/mol. The van der Waals surface area contributed by atoms with E-state index in [1.54, 1.807) is 18.2 Å². The van der Waals surface area contributed by atoms with E-state index in [4.69, 9.17) is 8.22 Å². The highest BCUT2D eigenvalue weighted by Gasteiger charge is 2.25. The monoisotopic (exact) mass is 1810 g/mol. The van der Waals surface area contributed by atoms with Crippen molar-refractivity contribution >= 4 is 0 Å². The van der Waals surface area contributed by atoms with Gasteiger partial charge in [0.25, 0.3) is 0 Å². The topological polar surface area (TPSA) is 0 Å². The van der Waals surface area contributed by atoms with Gasteiger partial charge >= 0.3 is 0 Å². The lowest BCUT2D eigenvalue weighted by molar-refractivity contribution is 0.403. The minimum Gasteiger partial charge on any atom is -0.0622 e. The van der Waals surface area contributed by atoms with Crippen LogP contribution >= 0.6 is 0 Å². The van der Waals surface area contributed by atoms with Gasteiger partial charge in [-0.15, -0.1) is 0 Å². The predicted molar refractivity (Wildman–Crippen MR) is 604 cm³/mol. The lowest BCUT2D eigenvalue weighted by Gasteiger charge is -2.26. The van der Waals surface area contributed by atoms with E-state index in [0.717, 1.165) is 29.5 Å². The summed E-state index contributed by atoms with van der Waals surface area (Å²) in [7, 11) is 0. The highest BCUT2D eigenvalue weighted by Crippen LogP contribution is 2.38. The summed E-state index contributed by atoms with van der Waals surface area (Å²) < 4.78 is 50.1. The Kier molecular flexibility index (Phi) is 43.3. The fourth-order valence-electron chi connectivity index (χ4n) is 16.4. The van der Waals surface area contributed by atoms with Crippen molar-refractivity contribution in [3.63, 3.8) is 0 Å². The molecule has 0 aliphatic heterocycles. The Hall–Kier alpha value is -7.80. The zero-order chi connectivity index (χ0) is 108. The number of hydrogen-bond acceptors (Lipinski definition) is 0. The number of rotatable bonds is 13. The van der Waals surface area contributed by atoms with E-state index in [1.165, 1.54) is 129 Å². The fourth-order valence-corrected chi connectivity index (χ4v) is 16.4. The van der Waals surface area contributed by atoms with Crippen LogP contribution in [0.4, 0.5) is 0 Å². The molecule has 0 aliphatic rings. The van der Waals surface area contributed by atoms with Crippen molar-refractivity contribution in [2.45, 2.75) is 449 Å². The van der Waals surface area contributed by atoms with Crippen LogP contribution in [0.3, 0.4) is 0 Å². The fraction of sp³-hybridized carbons (Fsp3) is 0.549. The maximum absolute atomic E-state index is 8.46. The van der Waals surface area contributed by atoms with Gasteiger partial charge in [-0.3, -0.25) is 0 Å². The highest BCUT2D eigenvalue weighted by molar-refractivity contribution is 5.68. The number of hydrogen-bond donors (Lipinski definition) is 0. The van der Waals surface area contributed by atoms with Crippen LogP contribution in [-0.4, -0.2) is 0 Å². The second kappa shape index (κ2) is 52.1. The first kappa shape index (κ1) is 111. The molecule has 10 rings (SSSR count). The average molecular weight is 1810 g/mol. The third kappa shape index (κ3) is 45.8. The van der Waals surface area contributed by atoms with Crippen molar-refractivity contribution in [2.75, 3.05) is 0 Å². The van der Waals surface area contributed by atoms with Crippen LogP contribution in [0.25, 0.3) is 11.1 Å². The van der Waals surface area contributed by atoms with Crippen molar-refractivity contribution in [3.05, 3.63) is 339 Å². The molecule has 0 aliphatic carbocycles. The van der Waals surface area contributed by atoms with Crippen LogP contribution < -0.4 is 0 Å². The van der Waals surface area contributed by atoms with Gasteiger partial charge in [0, 0.05) is 8.22 Å². The summed E-state index contributed by atoms with van der Waals surface area (Å²) in [5.41, 5.74) is 36.3. The normalized spacial score (nSPS) is 13.2. The number of aryl methyl sites for hydroxylation is 5. The molecule has 0 radical (unpaired) electrons. The second-order valence-electron chi connectivity index (χ2n) is 51.1. The molecule has 0 heteroatoms. The van der Waals surface area contributed by atoms with Gasteiger partial charge in [0.1, 0.15) is 0 Å². The van der Waals surface area contributed by atoms with E-state index >= 15 is 0 Å². The molecule has 0 N–H and O–H groups in total. The van der Waals surface area contributed by atoms with Crippen LogP contribution in [-0.2, 0) is 60.0 Å². The Balaban J connectivity index is 0.000000531. The second-order valence-corrected chi connectivity index (χ2v) is 51.1. The van der Waals surface area contributed by atoms with Crippen LogP contribution in [0.2, 0.25) is 0 Å². The molecule has 0 heterocycles. The first-order valence-electron chi connectivity index (χ1n) is 53.7. The molecule has 10 aromatic rings. The minimum atomic E-state index is -1.51. The van der Waals surface area contributed by atoms with E-state index in [1.807, 2.05) is 100 Å². The van der Waals surface area contributed by atoms with Gasteiger partial charge in [0.15, 0.2) is 0 Å². The van der Waals surface area contributed by atoms with Crippen molar-refractivity contribution < 1.29 is 8.22 Å². The molecule has 0 spiro atoms. The summed E-state index contributed by atoms with van der Waals surface area (Å²) in [5, 5.41) is 0. The zero-order valence-corrected chi connectivity index (χ0v) is 95.6. The molecule has 736 valence electrons. The van der Waals surface area contributed by atoms with Gasteiger partial charge in [-0.2, -0.15) is 0 Å². The van der Waals surface area contributed by atoms with Gasteiger partial charge in [-0.25, -0.2) is 0 Å². The van der Waals surface area contributed by atoms with E-state index in [2.05, 4.69) is 435 Å². The van der Waals surface area contributed by atoms with Gasteiger partial charge in [0.05, 0.1) is 0 Å². The molecule has 0 aromatic heterocycles. The summed E-state index contributed by atoms with van der Waals surface area (Å²) in [6, 6.07) is 70.8. The first-order chi connectivity index (χ1) is 62.8. The van der Waals surface area contributed by atoms with Gasteiger partial charge in [0.2, 0.25) is 0 Å². The lowest BCUT2D eigenvalue weighted by Crippen LogP contribution is -2.17. The van der Waals surface area contributed by atoms with Crippen LogP contribution in [0.1, 0.15) is 474 Å². The summed E-state index contributed by atoms with van der Waals surface area (Å²) in [4.78, 5) is 0. The molecule has 0 saturated carbocycles. The van der Waals surface area contributed by atoms with Gasteiger partial charge < -0.3 is 0 Å². The van der Waals surface area contributed by atoms with E-state index in [0.29, 0.717) is 62.9 Å². The molecule has 0 atom stereocenters. The van der Waals surface area contributed by atoms with Crippen molar-refractivity contribution in [1.29, 1.82) is 0 Å². The van der Waals surface area contributed by atoms with Gasteiger partial charge in [-0.05, 0) is 341 Å². The Morgan fingerprint density at radius 3 is 0.782 bits per heavy atom. The van der Waals surface area contributed by atoms with E-state index in [9.17, 15) is 0 Å². The summed E-state index contributed by atoms with van der Waals surface area (Å²) in [6.45, 7) is 112. The van der Waals surface area contributed by atoms with Crippen LogP contribution in [0, 0.1) is 94.8 Å². The molecule has 133 heavy (non-hydrogen) atoms. The van der Waals surface area contributed by atoms with Crippen molar-refractivity contribution in [2.24, 2.45) is 32.5 Å². The zero-order valence-electron chi connectivity index (χ0n) is 102. The molecule has 10 aromatic carbocycles. The van der Waals surface area contributed by atoms with E-state index < -0.39 is 29.9 Å². The smallest absolute Gasteiger partial charge is 0.0321 e. The Bertz CT molecular complexity index is 5190. The predicted octanol–water partition coefficient (Wildman–Crippen LogP) is 41.1. The Morgan fingerprint density at radius 1 is 0.211 bits per heavy atom. The molecular formula is C133H204. The highest BCUT2D eigenvalue weighted by atomic mass is 14.3.